The molecular formula is C17H19N3S. The van der Waals surface area contributed by atoms with Gasteiger partial charge in [0.25, 0.3) is 0 Å². The number of imidazole rings is 1. The molecule has 0 bridgehead atoms. The first kappa shape index (κ1) is 13.0. The highest BCUT2D eigenvalue weighted by atomic mass is 32.1. The summed E-state index contributed by atoms with van der Waals surface area (Å²) in [4.78, 5) is 11.1. The monoisotopic (exact) mass is 297 g/mol. The molecule has 0 spiro atoms. The molecule has 0 fully saturated rings. The minimum absolute atomic E-state index is 0.530. The molecule has 3 N–H and O–H groups in total. The largest absolute Gasteiger partial charge is 0.337 e. The smallest absolute Gasteiger partial charge is 0.148 e. The number of aromatic amines is 1. The van der Waals surface area contributed by atoms with Crippen LogP contribution in [0.5, 0.6) is 0 Å². The predicted molar refractivity (Wildman–Crippen MR) is 88.6 cm³/mol. The lowest BCUT2D eigenvalue weighted by Crippen LogP contribution is -1.96. The Bertz CT molecular complexity index is 761. The van der Waals surface area contributed by atoms with E-state index in [1.807, 2.05) is 17.4 Å². The zero-order chi connectivity index (χ0) is 14.2. The van der Waals surface area contributed by atoms with Crippen molar-refractivity contribution in [2.75, 3.05) is 0 Å². The Kier molecular flexibility index (Phi) is 3.28. The molecule has 3 nitrogen and oxygen atoms in total. The molecule has 4 heteroatoms. The molecule has 0 saturated heterocycles. The summed E-state index contributed by atoms with van der Waals surface area (Å²) in [5, 5.41) is 0. The van der Waals surface area contributed by atoms with E-state index in [0.717, 1.165) is 22.4 Å². The Labute approximate surface area is 128 Å². The molecule has 1 aliphatic carbocycles. The number of nitrogens with zero attached hydrogens (tertiary/aromatic N) is 1. The zero-order valence-electron chi connectivity index (χ0n) is 12.0. The number of fused-ring (bicyclic) bond motifs is 2. The summed E-state index contributed by atoms with van der Waals surface area (Å²) < 4.78 is 0. The van der Waals surface area contributed by atoms with Gasteiger partial charge < -0.3 is 10.7 Å². The van der Waals surface area contributed by atoms with Gasteiger partial charge in [-0.2, -0.15) is 0 Å². The summed E-state index contributed by atoms with van der Waals surface area (Å²) in [6, 6.07) is 8.50. The first-order valence-electron chi connectivity index (χ1n) is 7.65. The highest BCUT2D eigenvalue weighted by molar-refractivity contribution is 7.15. The lowest BCUT2D eigenvalue weighted by Gasteiger charge is -1.95. The molecule has 108 valence electrons. The second-order valence-corrected chi connectivity index (χ2v) is 6.86. The molecule has 0 saturated carbocycles. The molecule has 0 unspecified atom stereocenters. The van der Waals surface area contributed by atoms with E-state index < -0.39 is 0 Å². The van der Waals surface area contributed by atoms with Crippen molar-refractivity contribution in [2.45, 2.75) is 38.6 Å². The Morgan fingerprint density at radius 2 is 2.10 bits per heavy atom. The number of hydrogen-bond acceptors (Lipinski definition) is 3. The van der Waals surface area contributed by atoms with Crippen molar-refractivity contribution >= 4 is 22.4 Å². The lowest BCUT2D eigenvalue weighted by molar-refractivity contribution is 0.713. The normalized spacial score (nSPS) is 15.1. The van der Waals surface area contributed by atoms with Crippen LogP contribution in [0.4, 0.5) is 0 Å². The Morgan fingerprint density at radius 3 is 3.00 bits per heavy atom. The van der Waals surface area contributed by atoms with Crippen LogP contribution in [0.2, 0.25) is 0 Å². The van der Waals surface area contributed by atoms with Crippen LogP contribution >= 0.6 is 11.3 Å². The second-order valence-electron chi connectivity index (χ2n) is 5.72. The highest BCUT2D eigenvalue weighted by Gasteiger charge is 2.15. The maximum absolute atomic E-state index is 5.81. The van der Waals surface area contributed by atoms with Crippen molar-refractivity contribution in [1.29, 1.82) is 0 Å². The van der Waals surface area contributed by atoms with E-state index in [9.17, 15) is 0 Å². The number of hydrogen-bond donors (Lipinski definition) is 2. The van der Waals surface area contributed by atoms with E-state index in [0.29, 0.717) is 6.54 Å². The predicted octanol–water partition coefficient (Wildman–Crippen LogP) is 4.02. The average Bonchev–Trinajstić information content (AvgIpc) is 3.05. The van der Waals surface area contributed by atoms with Gasteiger partial charge in [-0.15, -0.1) is 11.3 Å². The SMILES string of the molecule is NCc1cccc2[nH]c(-c3cc4c(s3)CCCCC4)nc12. The molecule has 1 aliphatic rings. The maximum atomic E-state index is 5.81. The maximum Gasteiger partial charge on any atom is 0.148 e. The van der Waals surface area contributed by atoms with Gasteiger partial charge in [-0.05, 0) is 48.9 Å². The molecule has 0 atom stereocenters. The van der Waals surface area contributed by atoms with Crippen LogP contribution in [0.3, 0.4) is 0 Å². The number of nitrogens with one attached hydrogen (secondary N) is 1. The van der Waals surface area contributed by atoms with Crippen molar-refractivity contribution in [3.8, 4) is 10.7 Å². The summed E-state index contributed by atoms with van der Waals surface area (Å²) in [6.45, 7) is 0.530. The number of thiophene rings is 1. The van der Waals surface area contributed by atoms with E-state index in [1.54, 1.807) is 4.88 Å². The van der Waals surface area contributed by atoms with Gasteiger partial charge in [0.2, 0.25) is 0 Å². The molecule has 21 heavy (non-hydrogen) atoms. The number of benzene rings is 1. The molecule has 2 heterocycles. The van der Waals surface area contributed by atoms with Gasteiger partial charge in [0.1, 0.15) is 5.82 Å². The summed E-state index contributed by atoms with van der Waals surface area (Å²) >= 11 is 1.91. The fraction of sp³-hybridized carbons (Fsp3) is 0.353. The van der Waals surface area contributed by atoms with Gasteiger partial charge in [0.05, 0.1) is 15.9 Å². The van der Waals surface area contributed by atoms with Gasteiger partial charge in [0, 0.05) is 11.4 Å². The molecule has 0 amide bonds. The van der Waals surface area contributed by atoms with Gasteiger partial charge in [-0.25, -0.2) is 4.98 Å². The van der Waals surface area contributed by atoms with E-state index in [4.69, 9.17) is 10.7 Å². The first-order valence-corrected chi connectivity index (χ1v) is 8.46. The van der Waals surface area contributed by atoms with Gasteiger partial charge in [-0.1, -0.05) is 18.6 Å². The quantitative estimate of drug-likeness (QED) is 0.702. The van der Waals surface area contributed by atoms with Crippen molar-refractivity contribution in [2.24, 2.45) is 5.73 Å². The van der Waals surface area contributed by atoms with E-state index >= 15 is 0 Å². The van der Waals surface area contributed by atoms with Crippen LogP contribution < -0.4 is 5.73 Å². The topological polar surface area (TPSA) is 54.7 Å². The Hall–Kier alpha value is -1.65. The number of aryl methyl sites for hydroxylation is 2. The van der Waals surface area contributed by atoms with Crippen molar-refractivity contribution in [1.82, 2.24) is 9.97 Å². The van der Waals surface area contributed by atoms with Crippen LogP contribution in [0.1, 0.15) is 35.3 Å². The summed E-state index contributed by atoms with van der Waals surface area (Å²) in [7, 11) is 0. The van der Waals surface area contributed by atoms with Crippen LogP contribution in [0.15, 0.2) is 24.3 Å². The van der Waals surface area contributed by atoms with E-state index in [2.05, 4.69) is 23.2 Å². The van der Waals surface area contributed by atoms with Crippen molar-refractivity contribution in [3.63, 3.8) is 0 Å². The van der Waals surface area contributed by atoms with Crippen molar-refractivity contribution in [3.05, 3.63) is 40.3 Å². The Morgan fingerprint density at radius 1 is 1.19 bits per heavy atom. The fourth-order valence-corrected chi connectivity index (χ4v) is 4.36. The first-order chi connectivity index (χ1) is 10.3. The number of rotatable bonds is 2. The van der Waals surface area contributed by atoms with E-state index in [-0.39, 0.29) is 0 Å². The van der Waals surface area contributed by atoms with Gasteiger partial charge in [0.15, 0.2) is 0 Å². The zero-order valence-corrected chi connectivity index (χ0v) is 12.8. The van der Waals surface area contributed by atoms with Crippen molar-refractivity contribution < 1.29 is 0 Å². The van der Waals surface area contributed by atoms with E-state index in [1.165, 1.54) is 42.5 Å². The third-order valence-corrected chi connectivity index (χ3v) is 5.54. The fourth-order valence-electron chi connectivity index (χ4n) is 3.16. The van der Waals surface area contributed by atoms with Crippen LogP contribution in [0, 0.1) is 0 Å². The minimum atomic E-state index is 0.530. The summed E-state index contributed by atoms with van der Waals surface area (Å²) in [6.07, 6.45) is 6.46. The lowest BCUT2D eigenvalue weighted by atomic mass is 10.1. The molecule has 4 rings (SSSR count). The van der Waals surface area contributed by atoms with Crippen LogP contribution in [-0.2, 0) is 19.4 Å². The van der Waals surface area contributed by atoms with Gasteiger partial charge >= 0.3 is 0 Å². The van der Waals surface area contributed by atoms with Crippen LogP contribution in [-0.4, -0.2) is 9.97 Å². The molecule has 3 aromatic rings. The number of nitrogens with two attached hydrogens (primary N) is 1. The summed E-state index contributed by atoms with van der Waals surface area (Å²) in [5.41, 5.74) is 10.5. The summed E-state index contributed by atoms with van der Waals surface area (Å²) in [5.74, 6) is 0.990. The standard InChI is InChI=1S/C17H19N3S/c18-10-12-6-4-7-13-16(12)20-17(19-13)15-9-11-5-2-1-3-8-14(11)21-15/h4,6-7,9H,1-3,5,8,10,18H2,(H,19,20). The molecule has 2 aromatic heterocycles. The third-order valence-electron chi connectivity index (χ3n) is 4.30. The molecule has 1 aromatic carbocycles. The number of H-pyrrole nitrogens is 1. The average molecular weight is 297 g/mol. The number of aromatic nitrogens is 2. The second kappa shape index (κ2) is 5.28. The van der Waals surface area contributed by atoms with Crippen LogP contribution in [0.25, 0.3) is 21.7 Å². The molecular weight excluding hydrogens is 278 g/mol. The molecule has 0 aliphatic heterocycles. The Balaban J connectivity index is 1.80. The number of para-hydroxylation sites is 1. The third kappa shape index (κ3) is 2.28. The van der Waals surface area contributed by atoms with Gasteiger partial charge in [-0.3, -0.25) is 0 Å². The highest BCUT2D eigenvalue weighted by Crippen LogP contribution is 2.35. The molecule has 0 radical (unpaired) electrons. The minimum Gasteiger partial charge on any atom is -0.337 e.